The van der Waals surface area contributed by atoms with Crippen LogP contribution in [0, 0.1) is 0 Å². The van der Waals surface area contributed by atoms with Gasteiger partial charge in [0.25, 0.3) is 0 Å². The topological polar surface area (TPSA) is 101 Å². The van der Waals surface area contributed by atoms with E-state index in [-0.39, 0.29) is 0 Å². The molecule has 0 rings (SSSR count). The van der Waals surface area contributed by atoms with E-state index in [9.17, 15) is 10.2 Å². The maximum absolute atomic E-state index is 9.25. The molecular weight excluding hydrogens is 176 g/mol. The van der Waals surface area contributed by atoms with Gasteiger partial charge in [-0.15, -0.1) is 0 Å². The summed E-state index contributed by atoms with van der Waals surface area (Å²) in [6, 6.07) is 0. The van der Waals surface area contributed by atoms with Gasteiger partial charge < -0.3 is 25.5 Å². The second kappa shape index (κ2) is 6.28. The predicted octanol–water partition coefficient (Wildman–Crippen LogP) is -1.78. The number of aliphatic hydroxyl groups is 5. The Kier molecular flexibility index (Phi) is 6.19. The summed E-state index contributed by atoms with van der Waals surface area (Å²) >= 11 is 0. The number of rotatable bonds is 6. The molecule has 0 radical (unpaired) electrons. The predicted molar refractivity (Wildman–Crippen MR) is 46.0 cm³/mol. The van der Waals surface area contributed by atoms with Crippen LogP contribution in [0.15, 0.2) is 0 Å². The molecule has 5 nitrogen and oxygen atoms in total. The summed E-state index contributed by atoms with van der Waals surface area (Å²) < 4.78 is 0. The molecule has 0 spiro atoms. The van der Waals surface area contributed by atoms with Crippen molar-refractivity contribution in [2.45, 2.75) is 44.2 Å². The van der Waals surface area contributed by atoms with Crippen molar-refractivity contribution in [1.29, 1.82) is 0 Å². The van der Waals surface area contributed by atoms with Crippen molar-refractivity contribution >= 4 is 0 Å². The van der Waals surface area contributed by atoms with E-state index >= 15 is 0 Å². The Labute approximate surface area is 77.3 Å². The first kappa shape index (κ1) is 12.8. The van der Waals surface area contributed by atoms with Crippen LogP contribution in [0.1, 0.15) is 19.8 Å². The standard InChI is InChI=1S/C8H18O5/c1-2-3-5(10)7(12)8(13)6(11)4-9/h5-13H,2-4H2,1H3/t5-,6?,7+,8+/m0/s1. The number of hydrogen-bond acceptors (Lipinski definition) is 5. The summed E-state index contributed by atoms with van der Waals surface area (Å²) in [5.74, 6) is 0. The van der Waals surface area contributed by atoms with Gasteiger partial charge in [-0.3, -0.25) is 0 Å². The molecule has 1 unspecified atom stereocenters. The van der Waals surface area contributed by atoms with Crippen molar-refractivity contribution < 1.29 is 25.5 Å². The number of hydrogen-bond donors (Lipinski definition) is 5. The van der Waals surface area contributed by atoms with Crippen molar-refractivity contribution in [3.63, 3.8) is 0 Å². The highest BCUT2D eigenvalue weighted by Crippen LogP contribution is 2.09. The Morgan fingerprint density at radius 1 is 0.923 bits per heavy atom. The van der Waals surface area contributed by atoms with Crippen LogP contribution in [0.2, 0.25) is 0 Å². The van der Waals surface area contributed by atoms with Gasteiger partial charge in [0.05, 0.1) is 12.7 Å². The Hall–Kier alpha value is -0.200. The Balaban J connectivity index is 3.99. The molecular formula is C8H18O5. The van der Waals surface area contributed by atoms with Gasteiger partial charge in [-0.25, -0.2) is 0 Å². The highest BCUT2D eigenvalue weighted by molar-refractivity contribution is 4.80. The fourth-order valence-corrected chi connectivity index (χ4v) is 1.03. The van der Waals surface area contributed by atoms with E-state index in [0.29, 0.717) is 12.8 Å². The fraction of sp³-hybridized carbons (Fsp3) is 1.00. The van der Waals surface area contributed by atoms with Crippen LogP contribution < -0.4 is 0 Å². The van der Waals surface area contributed by atoms with E-state index in [1.54, 1.807) is 0 Å². The molecule has 0 bridgehead atoms. The highest BCUT2D eigenvalue weighted by Gasteiger charge is 2.29. The molecule has 0 aliphatic rings. The van der Waals surface area contributed by atoms with Gasteiger partial charge >= 0.3 is 0 Å². The summed E-state index contributed by atoms with van der Waals surface area (Å²) in [4.78, 5) is 0. The van der Waals surface area contributed by atoms with Gasteiger partial charge in [-0.05, 0) is 6.42 Å². The van der Waals surface area contributed by atoms with Crippen molar-refractivity contribution in [3.8, 4) is 0 Å². The van der Waals surface area contributed by atoms with Crippen molar-refractivity contribution in [3.05, 3.63) is 0 Å². The Bertz CT molecular complexity index is 130. The first-order valence-electron chi connectivity index (χ1n) is 4.37. The lowest BCUT2D eigenvalue weighted by Gasteiger charge is -2.25. The zero-order valence-corrected chi connectivity index (χ0v) is 7.67. The molecule has 0 aliphatic heterocycles. The fourth-order valence-electron chi connectivity index (χ4n) is 1.03. The maximum atomic E-state index is 9.25. The third-order valence-corrected chi connectivity index (χ3v) is 1.91. The summed E-state index contributed by atoms with van der Waals surface area (Å²) in [6.07, 6.45) is -4.40. The molecule has 13 heavy (non-hydrogen) atoms. The van der Waals surface area contributed by atoms with Gasteiger partial charge in [0.15, 0.2) is 0 Å². The average Bonchev–Trinajstić information content (AvgIpc) is 2.14. The molecule has 5 heteroatoms. The van der Waals surface area contributed by atoms with Crippen LogP contribution in [0.4, 0.5) is 0 Å². The molecule has 0 aromatic heterocycles. The Morgan fingerprint density at radius 2 is 1.38 bits per heavy atom. The molecule has 0 saturated carbocycles. The summed E-state index contributed by atoms with van der Waals surface area (Å²) in [6.45, 7) is 1.18. The molecule has 5 N–H and O–H groups in total. The van der Waals surface area contributed by atoms with Crippen LogP contribution >= 0.6 is 0 Å². The van der Waals surface area contributed by atoms with Gasteiger partial charge in [0, 0.05) is 0 Å². The lowest BCUT2D eigenvalue weighted by Crippen LogP contribution is -2.45. The minimum Gasteiger partial charge on any atom is -0.394 e. The minimum atomic E-state index is -1.51. The summed E-state index contributed by atoms with van der Waals surface area (Å²) in [5, 5.41) is 45.0. The van der Waals surface area contributed by atoms with Crippen molar-refractivity contribution in [2.24, 2.45) is 0 Å². The summed E-state index contributed by atoms with van der Waals surface area (Å²) in [5.41, 5.74) is 0. The van der Waals surface area contributed by atoms with E-state index in [2.05, 4.69) is 0 Å². The van der Waals surface area contributed by atoms with E-state index in [1.165, 1.54) is 0 Å². The highest BCUT2D eigenvalue weighted by atomic mass is 16.4. The lowest BCUT2D eigenvalue weighted by molar-refractivity contribution is -0.116. The normalized spacial score (nSPS) is 20.8. The molecule has 0 aliphatic carbocycles. The van der Waals surface area contributed by atoms with Crippen LogP contribution in [0.25, 0.3) is 0 Å². The smallest absolute Gasteiger partial charge is 0.110 e. The molecule has 80 valence electrons. The van der Waals surface area contributed by atoms with Crippen molar-refractivity contribution in [1.82, 2.24) is 0 Å². The van der Waals surface area contributed by atoms with Gasteiger partial charge in [0.1, 0.15) is 18.3 Å². The lowest BCUT2D eigenvalue weighted by atomic mass is 10.0. The van der Waals surface area contributed by atoms with Crippen LogP contribution in [-0.4, -0.2) is 56.6 Å². The number of aliphatic hydroxyl groups excluding tert-OH is 5. The maximum Gasteiger partial charge on any atom is 0.110 e. The Morgan fingerprint density at radius 3 is 1.77 bits per heavy atom. The van der Waals surface area contributed by atoms with Gasteiger partial charge in [0.2, 0.25) is 0 Å². The first-order valence-corrected chi connectivity index (χ1v) is 4.37. The van der Waals surface area contributed by atoms with E-state index in [0.717, 1.165) is 0 Å². The molecule has 0 aromatic rings. The van der Waals surface area contributed by atoms with E-state index in [1.807, 2.05) is 6.92 Å². The van der Waals surface area contributed by atoms with Crippen LogP contribution in [-0.2, 0) is 0 Å². The first-order chi connectivity index (χ1) is 6.04. The molecule has 0 saturated heterocycles. The van der Waals surface area contributed by atoms with Crippen LogP contribution in [0.5, 0.6) is 0 Å². The molecule has 0 fully saturated rings. The monoisotopic (exact) mass is 194 g/mol. The SMILES string of the molecule is CCC[C@H](O)[C@@H](O)[C@H](O)C(O)CO. The quantitative estimate of drug-likeness (QED) is 0.344. The zero-order chi connectivity index (χ0) is 10.4. The van der Waals surface area contributed by atoms with Crippen molar-refractivity contribution in [2.75, 3.05) is 6.61 Å². The summed E-state index contributed by atoms with van der Waals surface area (Å²) in [7, 11) is 0. The minimum absolute atomic E-state index is 0.344. The average molecular weight is 194 g/mol. The molecule has 0 aromatic carbocycles. The van der Waals surface area contributed by atoms with E-state index < -0.39 is 31.0 Å². The second-order valence-electron chi connectivity index (χ2n) is 3.09. The van der Waals surface area contributed by atoms with Crippen LogP contribution in [0.3, 0.4) is 0 Å². The third-order valence-electron chi connectivity index (χ3n) is 1.91. The van der Waals surface area contributed by atoms with Gasteiger partial charge in [-0.2, -0.15) is 0 Å². The molecule has 0 heterocycles. The zero-order valence-electron chi connectivity index (χ0n) is 7.67. The molecule has 4 atom stereocenters. The molecule has 0 amide bonds. The van der Waals surface area contributed by atoms with E-state index in [4.69, 9.17) is 15.3 Å². The second-order valence-corrected chi connectivity index (χ2v) is 3.09. The third kappa shape index (κ3) is 4.02. The van der Waals surface area contributed by atoms with Gasteiger partial charge in [-0.1, -0.05) is 13.3 Å². The largest absolute Gasteiger partial charge is 0.394 e.